The van der Waals surface area contributed by atoms with Crippen molar-refractivity contribution < 1.29 is 9.15 Å². The summed E-state index contributed by atoms with van der Waals surface area (Å²) in [6, 6.07) is 12.4. The first kappa shape index (κ1) is 22.0. The van der Waals surface area contributed by atoms with Crippen LogP contribution in [0, 0.1) is 0 Å². The van der Waals surface area contributed by atoms with Crippen LogP contribution in [0.25, 0.3) is 0 Å². The van der Waals surface area contributed by atoms with Crippen molar-refractivity contribution in [3.8, 4) is 0 Å². The second-order valence-electron chi connectivity index (χ2n) is 7.53. The van der Waals surface area contributed by atoms with Crippen LogP contribution in [0.3, 0.4) is 0 Å². The third-order valence-corrected chi connectivity index (χ3v) is 4.55. The molecule has 0 saturated carbocycles. The van der Waals surface area contributed by atoms with Crippen molar-refractivity contribution in [1.29, 1.82) is 0 Å². The van der Waals surface area contributed by atoms with Gasteiger partial charge < -0.3 is 19.8 Å². The predicted octanol–water partition coefficient (Wildman–Crippen LogP) is 3.39. The fraction of sp³-hybridized carbons (Fsp3) is 0.500. The Morgan fingerprint density at radius 3 is 2.50 bits per heavy atom. The molecule has 2 rings (SSSR count). The lowest BCUT2D eigenvalue weighted by molar-refractivity contribution is 0.0268. The highest BCUT2D eigenvalue weighted by molar-refractivity contribution is 5.79. The molecule has 0 spiro atoms. The number of rotatable bonds is 10. The van der Waals surface area contributed by atoms with Crippen LogP contribution in [0.15, 0.2) is 52.1 Å². The van der Waals surface area contributed by atoms with Crippen LogP contribution in [0.1, 0.15) is 37.7 Å². The van der Waals surface area contributed by atoms with Crippen LogP contribution in [0.2, 0.25) is 0 Å². The SMILES string of the molecule is CCNC(=NCc1ccccc1CN(C)Cc1ccco1)NCC(C)(C)OC. The zero-order chi connectivity index (χ0) is 20.4. The molecule has 0 saturated heterocycles. The first-order valence-corrected chi connectivity index (χ1v) is 9.78. The number of nitrogens with one attached hydrogen (secondary N) is 2. The molecule has 0 atom stereocenters. The van der Waals surface area contributed by atoms with Crippen LogP contribution in [-0.2, 0) is 24.4 Å². The van der Waals surface area contributed by atoms with E-state index in [4.69, 9.17) is 14.1 Å². The molecule has 1 aromatic carbocycles. The van der Waals surface area contributed by atoms with Crippen LogP contribution in [-0.4, -0.2) is 43.7 Å². The molecule has 154 valence electrons. The molecule has 0 unspecified atom stereocenters. The van der Waals surface area contributed by atoms with E-state index < -0.39 is 0 Å². The summed E-state index contributed by atoms with van der Waals surface area (Å²) in [5.41, 5.74) is 2.24. The summed E-state index contributed by atoms with van der Waals surface area (Å²) in [4.78, 5) is 7.01. The van der Waals surface area contributed by atoms with Gasteiger partial charge in [0.25, 0.3) is 0 Å². The Kier molecular flexibility index (Phi) is 8.54. The Hall–Kier alpha value is -2.31. The normalized spacial score (nSPS) is 12.4. The largest absolute Gasteiger partial charge is 0.468 e. The lowest BCUT2D eigenvalue weighted by atomic mass is 10.1. The Balaban J connectivity index is 2.02. The van der Waals surface area contributed by atoms with Crippen molar-refractivity contribution in [2.75, 3.05) is 27.2 Å². The lowest BCUT2D eigenvalue weighted by Gasteiger charge is -2.24. The monoisotopic (exact) mass is 386 g/mol. The highest BCUT2D eigenvalue weighted by Gasteiger charge is 2.16. The van der Waals surface area contributed by atoms with Gasteiger partial charge in [0.05, 0.1) is 25.0 Å². The van der Waals surface area contributed by atoms with Crippen molar-refractivity contribution in [2.45, 2.75) is 46.0 Å². The van der Waals surface area contributed by atoms with Crippen molar-refractivity contribution in [2.24, 2.45) is 4.99 Å². The van der Waals surface area contributed by atoms with Gasteiger partial charge in [-0.3, -0.25) is 4.90 Å². The third kappa shape index (κ3) is 7.37. The molecule has 1 heterocycles. The van der Waals surface area contributed by atoms with Gasteiger partial charge in [-0.15, -0.1) is 0 Å². The number of methoxy groups -OCH3 is 1. The van der Waals surface area contributed by atoms with Gasteiger partial charge in [0.15, 0.2) is 5.96 Å². The molecular formula is C22H34N4O2. The van der Waals surface area contributed by atoms with E-state index in [9.17, 15) is 0 Å². The second-order valence-corrected chi connectivity index (χ2v) is 7.53. The molecule has 0 aliphatic rings. The van der Waals surface area contributed by atoms with E-state index in [1.54, 1.807) is 13.4 Å². The quantitative estimate of drug-likeness (QED) is 0.484. The summed E-state index contributed by atoms with van der Waals surface area (Å²) >= 11 is 0. The number of nitrogens with zero attached hydrogens (tertiary/aromatic N) is 2. The van der Waals surface area contributed by atoms with E-state index in [1.165, 1.54) is 11.1 Å². The molecular weight excluding hydrogens is 352 g/mol. The van der Waals surface area contributed by atoms with Crippen molar-refractivity contribution >= 4 is 5.96 Å². The molecule has 0 aliphatic heterocycles. The predicted molar refractivity (Wildman–Crippen MR) is 114 cm³/mol. The smallest absolute Gasteiger partial charge is 0.191 e. The van der Waals surface area contributed by atoms with E-state index in [0.29, 0.717) is 13.1 Å². The summed E-state index contributed by atoms with van der Waals surface area (Å²) in [6.45, 7) is 9.90. The van der Waals surface area contributed by atoms with Gasteiger partial charge in [-0.25, -0.2) is 4.99 Å². The summed E-state index contributed by atoms with van der Waals surface area (Å²) < 4.78 is 10.9. The fourth-order valence-electron chi connectivity index (χ4n) is 2.76. The molecule has 2 aromatic rings. The van der Waals surface area contributed by atoms with Crippen molar-refractivity contribution in [3.05, 3.63) is 59.5 Å². The number of hydrogen-bond acceptors (Lipinski definition) is 4. The number of hydrogen-bond donors (Lipinski definition) is 2. The first-order valence-electron chi connectivity index (χ1n) is 9.78. The van der Waals surface area contributed by atoms with Gasteiger partial charge in [0.2, 0.25) is 0 Å². The maximum absolute atomic E-state index is 5.48. The van der Waals surface area contributed by atoms with Crippen molar-refractivity contribution in [3.63, 3.8) is 0 Å². The molecule has 0 fully saturated rings. The number of furan rings is 1. The Morgan fingerprint density at radius 1 is 1.11 bits per heavy atom. The second kappa shape index (κ2) is 10.9. The molecule has 0 aliphatic carbocycles. The van der Waals surface area contributed by atoms with Crippen molar-refractivity contribution in [1.82, 2.24) is 15.5 Å². The van der Waals surface area contributed by atoms with E-state index in [2.05, 4.69) is 53.8 Å². The van der Waals surface area contributed by atoms with Crippen LogP contribution >= 0.6 is 0 Å². The summed E-state index contributed by atoms with van der Waals surface area (Å²) in [7, 11) is 3.82. The van der Waals surface area contributed by atoms with E-state index in [-0.39, 0.29) is 5.60 Å². The van der Waals surface area contributed by atoms with Gasteiger partial charge in [0.1, 0.15) is 5.76 Å². The minimum absolute atomic E-state index is 0.247. The molecule has 28 heavy (non-hydrogen) atoms. The molecule has 2 N–H and O–H groups in total. The number of benzene rings is 1. The molecule has 1 aromatic heterocycles. The lowest BCUT2D eigenvalue weighted by Crippen LogP contribution is -2.45. The van der Waals surface area contributed by atoms with Gasteiger partial charge in [-0.05, 0) is 51.1 Å². The van der Waals surface area contributed by atoms with Gasteiger partial charge in [-0.2, -0.15) is 0 Å². The standard InChI is InChI=1S/C22H34N4O2/c1-6-23-21(25-17-22(2,3)27-5)24-14-18-10-7-8-11-19(18)15-26(4)16-20-12-9-13-28-20/h7-13H,6,14-17H2,1-5H3,(H2,23,24,25). The van der Waals surface area contributed by atoms with Gasteiger partial charge in [-0.1, -0.05) is 24.3 Å². The Bertz CT molecular complexity index is 726. The minimum atomic E-state index is -0.247. The molecule has 0 radical (unpaired) electrons. The summed E-state index contributed by atoms with van der Waals surface area (Å²) in [5, 5.41) is 6.66. The van der Waals surface area contributed by atoms with E-state index in [0.717, 1.165) is 31.4 Å². The molecule has 6 nitrogen and oxygen atoms in total. The first-order chi connectivity index (χ1) is 13.4. The zero-order valence-electron chi connectivity index (χ0n) is 17.8. The number of aliphatic imine (C=N–C) groups is 1. The molecule has 0 amide bonds. The van der Waals surface area contributed by atoms with Gasteiger partial charge >= 0.3 is 0 Å². The minimum Gasteiger partial charge on any atom is -0.468 e. The molecule has 0 bridgehead atoms. The maximum Gasteiger partial charge on any atom is 0.191 e. The summed E-state index contributed by atoms with van der Waals surface area (Å²) in [5.74, 6) is 1.77. The van der Waals surface area contributed by atoms with Crippen LogP contribution < -0.4 is 10.6 Å². The number of ether oxygens (including phenoxy) is 1. The average Bonchev–Trinajstić information content (AvgIpc) is 3.18. The summed E-state index contributed by atoms with van der Waals surface area (Å²) in [6.07, 6.45) is 1.71. The van der Waals surface area contributed by atoms with E-state index >= 15 is 0 Å². The number of guanidine groups is 1. The average molecular weight is 387 g/mol. The highest BCUT2D eigenvalue weighted by atomic mass is 16.5. The maximum atomic E-state index is 5.48. The Morgan fingerprint density at radius 2 is 1.86 bits per heavy atom. The highest BCUT2D eigenvalue weighted by Crippen LogP contribution is 2.14. The molecule has 6 heteroatoms. The van der Waals surface area contributed by atoms with Gasteiger partial charge in [0, 0.05) is 26.7 Å². The Labute approximate surface area is 169 Å². The third-order valence-electron chi connectivity index (χ3n) is 4.55. The zero-order valence-corrected chi connectivity index (χ0v) is 17.8. The fourth-order valence-corrected chi connectivity index (χ4v) is 2.76. The van der Waals surface area contributed by atoms with Crippen LogP contribution in [0.4, 0.5) is 0 Å². The van der Waals surface area contributed by atoms with E-state index in [1.807, 2.05) is 26.0 Å². The van der Waals surface area contributed by atoms with Crippen LogP contribution in [0.5, 0.6) is 0 Å². The topological polar surface area (TPSA) is 62.0 Å².